The highest BCUT2D eigenvalue weighted by atomic mass is 16.5. The number of rotatable bonds is 5. The van der Waals surface area contributed by atoms with E-state index in [4.69, 9.17) is 4.74 Å². The minimum Gasteiger partial charge on any atom is -0.424 e. The third kappa shape index (κ3) is 4.01. The molecule has 0 radical (unpaired) electrons. The normalized spacial score (nSPS) is 12.8. The van der Waals surface area contributed by atoms with Crippen LogP contribution in [0, 0.1) is 6.92 Å². The molecule has 0 aliphatic carbocycles. The molecule has 0 fully saturated rings. The number of amides is 1. The summed E-state index contributed by atoms with van der Waals surface area (Å²) in [5.74, 6) is 0.472. The molecule has 0 saturated heterocycles. The lowest BCUT2D eigenvalue weighted by molar-refractivity contribution is 0.102. The molecule has 0 unspecified atom stereocenters. The number of aromatic nitrogens is 2. The zero-order valence-corrected chi connectivity index (χ0v) is 15.5. The zero-order valence-electron chi connectivity index (χ0n) is 15.5. The standard InChI is InChI=1S/C22H20N4O2/c1-16-15-19(28-22-23-11-4-12-24-22)9-10-20(16)25-21(27)17-5-7-18(8-6-17)26-13-2-3-14-26/h2-12,15H,13-14H2,1H3,(H,25,27). The fourth-order valence-electron chi connectivity index (χ4n) is 2.99. The van der Waals surface area contributed by atoms with Crippen LogP contribution >= 0.6 is 0 Å². The van der Waals surface area contributed by atoms with Crippen LogP contribution in [-0.2, 0) is 0 Å². The van der Waals surface area contributed by atoms with E-state index in [1.807, 2.05) is 43.3 Å². The lowest BCUT2D eigenvalue weighted by Gasteiger charge is -2.17. The van der Waals surface area contributed by atoms with E-state index < -0.39 is 0 Å². The van der Waals surface area contributed by atoms with Gasteiger partial charge in [0.25, 0.3) is 5.91 Å². The molecule has 1 aliphatic rings. The van der Waals surface area contributed by atoms with Crippen molar-refractivity contribution >= 4 is 17.3 Å². The van der Waals surface area contributed by atoms with Gasteiger partial charge < -0.3 is 15.0 Å². The third-order valence-corrected chi connectivity index (χ3v) is 4.51. The number of benzene rings is 2. The van der Waals surface area contributed by atoms with Gasteiger partial charge >= 0.3 is 6.01 Å². The van der Waals surface area contributed by atoms with E-state index in [0.29, 0.717) is 11.3 Å². The minimum absolute atomic E-state index is 0.144. The molecule has 3 aromatic rings. The Kier molecular flexibility index (Phi) is 5.01. The fourth-order valence-corrected chi connectivity index (χ4v) is 2.99. The van der Waals surface area contributed by atoms with Crippen molar-refractivity contribution in [1.29, 1.82) is 0 Å². The van der Waals surface area contributed by atoms with Crippen molar-refractivity contribution in [3.05, 3.63) is 84.2 Å². The van der Waals surface area contributed by atoms with Crippen LogP contribution in [0.3, 0.4) is 0 Å². The van der Waals surface area contributed by atoms with Crippen molar-refractivity contribution < 1.29 is 9.53 Å². The maximum absolute atomic E-state index is 12.6. The summed E-state index contributed by atoms with van der Waals surface area (Å²) >= 11 is 0. The molecule has 1 N–H and O–H groups in total. The van der Waals surface area contributed by atoms with Gasteiger partial charge in [-0.2, -0.15) is 0 Å². The van der Waals surface area contributed by atoms with Gasteiger partial charge in [-0.05, 0) is 61.0 Å². The Morgan fingerprint density at radius 3 is 2.43 bits per heavy atom. The second-order valence-corrected chi connectivity index (χ2v) is 6.49. The number of carbonyl (C=O) groups excluding carboxylic acids is 1. The average molecular weight is 372 g/mol. The first-order valence-corrected chi connectivity index (χ1v) is 9.06. The van der Waals surface area contributed by atoms with Gasteiger partial charge in [-0.15, -0.1) is 0 Å². The maximum Gasteiger partial charge on any atom is 0.321 e. The number of nitrogens with zero attached hydrogens (tertiary/aromatic N) is 3. The van der Waals surface area contributed by atoms with Gasteiger partial charge in [0.05, 0.1) is 0 Å². The Morgan fingerprint density at radius 2 is 1.75 bits per heavy atom. The van der Waals surface area contributed by atoms with Crippen molar-refractivity contribution in [3.8, 4) is 11.8 Å². The third-order valence-electron chi connectivity index (χ3n) is 4.51. The molecule has 140 valence electrons. The number of hydrogen-bond donors (Lipinski definition) is 1. The highest BCUT2D eigenvalue weighted by Gasteiger charge is 2.11. The molecule has 4 rings (SSSR count). The molecule has 2 heterocycles. The predicted molar refractivity (Wildman–Crippen MR) is 109 cm³/mol. The summed E-state index contributed by atoms with van der Waals surface area (Å²) in [4.78, 5) is 22.9. The Balaban J connectivity index is 1.42. The summed E-state index contributed by atoms with van der Waals surface area (Å²) < 4.78 is 5.62. The predicted octanol–water partition coefficient (Wildman–Crippen LogP) is 4.21. The molecule has 6 nitrogen and oxygen atoms in total. The minimum atomic E-state index is -0.144. The van der Waals surface area contributed by atoms with Crippen molar-refractivity contribution in [3.63, 3.8) is 0 Å². The second-order valence-electron chi connectivity index (χ2n) is 6.49. The van der Waals surface area contributed by atoms with Crippen LogP contribution in [0.1, 0.15) is 15.9 Å². The molecule has 6 heteroatoms. The molecular weight excluding hydrogens is 352 g/mol. The van der Waals surface area contributed by atoms with E-state index >= 15 is 0 Å². The molecule has 28 heavy (non-hydrogen) atoms. The summed E-state index contributed by atoms with van der Waals surface area (Å²) in [6.07, 6.45) is 7.52. The van der Waals surface area contributed by atoms with Gasteiger partial charge in [-0.1, -0.05) is 12.2 Å². The quantitative estimate of drug-likeness (QED) is 0.680. The van der Waals surface area contributed by atoms with Crippen molar-refractivity contribution in [2.24, 2.45) is 0 Å². The van der Waals surface area contributed by atoms with Crippen molar-refractivity contribution in [2.75, 3.05) is 23.3 Å². The number of ether oxygens (including phenoxy) is 1. The molecule has 1 aromatic heterocycles. The molecule has 2 aromatic carbocycles. The van der Waals surface area contributed by atoms with Gasteiger partial charge in [0.1, 0.15) is 5.75 Å². The van der Waals surface area contributed by atoms with E-state index in [0.717, 1.165) is 30.0 Å². The van der Waals surface area contributed by atoms with Crippen LogP contribution in [0.15, 0.2) is 73.1 Å². The lowest BCUT2D eigenvalue weighted by atomic mass is 10.1. The first kappa shape index (κ1) is 17.7. The van der Waals surface area contributed by atoms with Crippen molar-refractivity contribution in [1.82, 2.24) is 9.97 Å². The summed E-state index contributed by atoms with van der Waals surface area (Å²) in [5, 5.41) is 2.95. The average Bonchev–Trinajstić information content (AvgIpc) is 3.26. The maximum atomic E-state index is 12.6. The number of hydrogen-bond acceptors (Lipinski definition) is 5. The van der Waals surface area contributed by atoms with Crippen LogP contribution in [0.4, 0.5) is 11.4 Å². The van der Waals surface area contributed by atoms with E-state index in [1.165, 1.54) is 0 Å². The summed E-state index contributed by atoms with van der Waals surface area (Å²) in [6, 6.07) is 15.1. The fraction of sp³-hybridized carbons (Fsp3) is 0.136. The first-order chi connectivity index (χ1) is 13.7. The Labute approximate surface area is 163 Å². The Morgan fingerprint density at radius 1 is 1.04 bits per heavy atom. The SMILES string of the molecule is Cc1cc(Oc2ncccn2)ccc1NC(=O)c1ccc(N2CC=CC2)cc1. The van der Waals surface area contributed by atoms with Gasteiger partial charge in [0.15, 0.2) is 0 Å². The van der Waals surface area contributed by atoms with E-state index in [-0.39, 0.29) is 11.9 Å². The molecule has 0 bridgehead atoms. The number of aryl methyl sites for hydroxylation is 1. The molecule has 0 saturated carbocycles. The van der Waals surface area contributed by atoms with Crippen LogP contribution in [0.2, 0.25) is 0 Å². The topological polar surface area (TPSA) is 67.4 Å². The van der Waals surface area contributed by atoms with Crippen molar-refractivity contribution in [2.45, 2.75) is 6.92 Å². The van der Waals surface area contributed by atoms with Gasteiger partial charge in [0, 0.05) is 42.4 Å². The van der Waals surface area contributed by atoms with Crippen LogP contribution < -0.4 is 15.0 Å². The second kappa shape index (κ2) is 7.92. The van der Waals surface area contributed by atoms with Crippen LogP contribution in [0.25, 0.3) is 0 Å². The number of carbonyl (C=O) groups is 1. The summed E-state index contributed by atoms with van der Waals surface area (Å²) in [6.45, 7) is 3.73. The summed E-state index contributed by atoms with van der Waals surface area (Å²) in [7, 11) is 0. The largest absolute Gasteiger partial charge is 0.424 e. The lowest BCUT2D eigenvalue weighted by Crippen LogP contribution is -2.18. The molecular formula is C22H20N4O2. The number of anilines is 2. The van der Waals surface area contributed by atoms with Gasteiger partial charge in [-0.25, -0.2) is 9.97 Å². The first-order valence-electron chi connectivity index (χ1n) is 9.06. The van der Waals surface area contributed by atoms with E-state index in [9.17, 15) is 4.79 Å². The van der Waals surface area contributed by atoms with Gasteiger partial charge in [-0.3, -0.25) is 4.79 Å². The molecule has 1 aliphatic heterocycles. The Hall–Kier alpha value is -3.67. The Bertz CT molecular complexity index is 993. The highest BCUT2D eigenvalue weighted by molar-refractivity contribution is 6.04. The highest BCUT2D eigenvalue weighted by Crippen LogP contribution is 2.25. The van der Waals surface area contributed by atoms with Gasteiger partial charge in [0.2, 0.25) is 0 Å². The molecule has 0 atom stereocenters. The summed E-state index contributed by atoms with van der Waals surface area (Å²) in [5.41, 5.74) is 3.36. The smallest absolute Gasteiger partial charge is 0.321 e. The monoisotopic (exact) mass is 372 g/mol. The van der Waals surface area contributed by atoms with Crippen LogP contribution in [-0.4, -0.2) is 29.0 Å². The molecule has 1 amide bonds. The van der Waals surface area contributed by atoms with E-state index in [1.54, 1.807) is 24.5 Å². The molecule has 0 spiro atoms. The number of nitrogens with one attached hydrogen (secondary N) is 1. The zero-order chi connectivity index (χ0) is 19.3. The van der Waals surface area contributed by atoms with Crippen LogP contribution in [0.5, 0.6) is 11.8 Å². The van der Waals surface area contributed by atoms with E-state index in [2.05, 4.69) is 32.3 Å².